The van der Waals surface area contributed by atoms with Crippen LogP contribution in [0.1, 0.15) is 23.5 Å². The summed E-state index contributed by atoms with van der Waals surface area (Å²) in [6.45, 7) is 0. The maximum absolute atomic E-state index is 11.6. The van der Waals surface area contributed by atoms with E-state index in [4.69, 9.17) is 5.11 Å². The Morgan fingerprint density at radius 2 is 2.25 bits per heavy atom. The van der Waals surface area contributed by atoms with Gasteiger partial charge in [-0.15, -0.1) is 11.3 Å². The molecule has 0 aliphatic heterocycles. The van der Waals surface area contributed by atoms with Gasteiger partial charge in [0.15, 0.2) is 9.84 Å². The number of nitrogens with zero attached hydrogens (tertiary/aromatic N) is 1. The van der Waals surface area contributed by atoms with Crippen LogP contribution in [0.5, 0.6) is 0 Å². The Morgan fingerprint density at radius 3 is 2.69 bits per heavy atom. The van der Waals surface area contributed by atoms with Crippen molar-refractivity contribution in [3.05, 3.63) is 16.1 Å². The van der Waals surface area contributed by atoms with Crippen molar-refractivity contribution in [2.45, 2.75) is 24.0 Å². The first-order valence-electron chi connectivity index (χ1n) is 4.71. The van der Waals surface area contributed by atoms with Gasteiger partial charge in [0.25, 0.3) is 0 Å². The Balaban J connectivity index is 2.30. The average Bonchev–Trinajstić information content (AvgIpc) is 2.82. The average molecular weight is 261 g/mol. The zero-order valence-electron chi connectivity index (χ0n) is 8.63. The molecule has 0 unspecified atom stereocenters. The number of hydrogen-bond acceptors (Lipinski definition) is 5. The predicted molar refractivity (Wildman–Crippen MR) is 59.2 cm³/mol. The fourth-order valence-electron chi connectivity index (χ4n) is 1.61. The summed E-state index contributed by atoms with van der Waals surface area (Å²) in [7, 11) is -3.16. The second-order valence-corrected chi connectivity index (χ2v) is 7.16. The van der Waals surface area contributed by atoms with Crippen LogP contribution in [0.25, 0.3) is 0 Å². The predicted octanol–water partition coefficient (Wildman–Crippen LogP) is 0.804. The van der Waals surface area contributed by atoms with E-state index in [1.165, 1.54) is 17.6 Å². The van der Waals surface area contributed by atoms with Crippen LogP contribution in [0.2, 0.25) is 0 Å². The van der Waals surface area contributed by atoms with Crippen LogP contribution in [-0.2, 0) is 25.8 Å². The maximum atomic E-state index is 11.6. The maximum Gasteiger partial charge on any atom is 0.309 e. The van der Waals surface area contributed by atoms with E-state index < -0.39 is 20.6 Å². The van der Waals surface area contributed by atoms with Crippen LogP contribution in [0.15, 0.2) is 5.38 Å². The molecule has 88 valence electrons. The van der Waals surface area contributed by atoms with Gasteiger partial charge in [-0.1, -0.05) is 0 Å². The third-order valence-electron chi connectivity index (χ3n) is 2.69. The summed E-state index contributed by atoms with van der Waals surface area (Å²) >= 11 is 1.23. The lowest BCUT2D eigenvalue weighted by molar-refractivity contribution is -0.136. The Morgan fingerprint density at radius 1 is 1.62 bits per heavy atom. The normalized spacial score (nSPS) is 18.3. The highest BCUT2D eigenvalue weighted by Crippen LogP contribution is 2.53. The summed E-state index contributed by atoms with van der Waals surface area (Å²) in [4.78, 5) is 14.6. The van der Waals surface area contributed by atoms with Crippen molar-refractivity contribution in [1.29, 1.82) is 0 Å². The molecular formula is C9H11NO4S2. The van der Waals surface area contributed by atoms with Crippen molar-refractivity contribution < 1.29 is 18.3 Å². The van der Waals surface area contributed by atoms with Gasteiger partial charge in [-0.25, -0.2) is 13.4 Å². The molecule has 0 atom stereocenters. The molecule has 1 aromatic rings. The fourth-order valence-corrected chi connectivity index (χ4v) is 4.39. The minimum absolute atomic E-state index is 0.156. The lowest BCUT2D eigenvalue weighted by atomic mass is 10.3. The second-order valence-electron chi connectivity index (χ2n) is 3.98. The Kier molecular flexibility index (Phi) is 2.54. The smallest absolute Gasteiger partial charge is 0.309 e. The fraction of sp³-hybridized carbons (Fsp3) is 0.556. The number of carboxylic acids is 1. The third kappa shape index (κ3) is 1.84. The number of aliphatic carboxylic acids is 1. The Hall–Kier alpha value is -0.950. The van der Waals surface area contributed by atoms with Gasteiger partial charge in [-0.05, 0) is 12.8 Å². The topological polar surface area (TPSA) is 84.3 Å². The third-order valence-corrected chi connectivity index (χ3v) is 5.93. The minimum atomic E-state index is -3.16. The van der Waals surface area contributed by atoms with Crippen LogP contribution in [0.3, 0.4) is 0 Å². The highest BCUT2D eigenvalue weighted by molar-refractivity contribution is 7.92. The molecule has 1 aromatic heterocycles. The van der Waals surface area contributed by atoms with Crippen LogP contribution in [0, 0.1) is 0 Å². The summed E-state index contributed by atoms with van der Waals surface area (Å²) in [5.41, 5.74) is 0.433. The summed E-state index contributed by atoms with van der Waals surface area (Å²) in [5.74, 6) is -0.957. The van der Waals surface area contributed by atoms with E-state index in [1.54, 1.807) is 5.38 Å². The first-order valence-corrected chi connectivity index (χ1v) is 7.48. The highest BCUT2D eigenvalue weighted by Gasteiger charge is 2.55. The van der Waals surface area contributed by atoms with Crippen molar-refractivity contribution in [3.8, 4) is 0 Å². The molecule has 1 saturated carbocycles. The molecule has 0 spiro atoms. The highest BCUT2D eigenvalue weighted by atomic mass is 32.2. The van der Waals surface area contributed by atoms with Crippen molar-refractivity contribution in [2.75, 3.05) is 6.26 Å². The molecule has 1 heterocycles. The van der Waals surface area contributed by atoms with Gasteiger partial charge in [-0.3, -0.25) is 4.79 Å². The van der Waals surface area contributed by atoms with Gasteiger partial charge < -0.3 is 5.11 Å². The molecule has 0 saturated heterocycles. The standard InChI is InChI=1S/C9H11NO4S2/c1-16(13,14)9(2-3-9)8-10-6(5-15-8)4-7(11)12/h5H,2-4H2,1H3,(H,11,12). The van der Waals surface area contributed by atoms with Gasteiger partial charge in [0.05, 0.1) is 12.1 Å². The van der Waals surface area contributed by atoms with E-state index >= 15 is 0 Å². The molecule has 0 bridgehead atoms. The van der Waals surface area contributed by atoms with Gasteiger partial charge in [0.2, 0.25) is 0 Å². The number of sulfone groups is 1. The molecule has 0 amide bonds. The number of hydrogen-bond donors (Lipinski definition) is 1. The molecule has 0 radical (unpaired) electrons. The van der Waals surface area contributed by atoms with Crippen LogP contribution >= 0.6 is 11.3 Å². The van der Waals surface area contributed by atoms with Gasteiger partial charge in [0, 0.05) is 11.6 Å². The van der Waals surface area contributed by atoms with Crippen LogP contribution in [-0.4, -0.2) is 30.7 Å². The molecule has 16 heavy (non-hydrogen) atoms. The van der Waals surface area contributed by atoms with E-state index in [2.05, 4.69) is 4.98 Å². The van der Waals surface area contributed by atoms with Crippen molar-refractivity contribution >= 4 is 27.1 Å². The van der Waals surface area contributed by atoms with E-state index in [0.29, 0.717) is 23.5 Å². The number of aromatic nitrogens is 1. The number of carbonyl (C=O) groups is 1. The first-order chi connectivity index (χ1) is 7.35. The number of carboxylic acid groups (broad SMARTS) is 1. The quantitative estimate of drug-likeness (QED) is 0.866. The molecule has 0 aromatic carbocycles. The zero-order chi connectivity index (χ0) is 12.0. The summed E-state index contributed by atoms with van der Waals surface area (Å²) < 4.78 is 22.4. The van der Waals surface area contributed by atoms with Crippen molar-refractivity contribution in [1.82, 2.24) is 4.98 Å². The monoisotopic (exact) mass is 261 g/mol. The summed E-state index contributed by atoms with van der Waals surface area (Å²) in [5, 5.41) is 10.8. The molecular weight excluding hydrogens is 250 g/mol. The van der Waals surface area contributed by atoms with E-state index in [0.717, 1.165) is 0 Å². The van der Waals surface area contributed by atoms with Gasteiger partial charge in [0.1, 0.15) is 9.75 Å². The molecule has 1 aliphatic rings. The Bertz CT molecular complexity index is 527. The molecule has 5 nitrogen and oxygen atoms in total. The van der Waals surface area contributed by atoms with Crippen molar-refractivity contribution in [3.63, 3.8) is 0 Å². The molecule has 2 rings (SSSR count). The van der Waals surface area contributed by atoms with Crippen molar-refractivity contribution in [2.24, 2.45) is 0 Å². The van der Waals surface area contributed by atoms with Gasteiger partial charge >= 0.3 is 5.97 Å². The lowest BCUT2D eigenvalue weighted by Crippen LogP contribution is -2.19. The van der Waals surface area contributed by atoms with E-state index in [9.17, 15) is 13.2 Å². The summed E-state index contributed by atoms with van der Waals surface area (Å²) in [6.07, 6.45) is 2.23. The zero-order valence-corrected chi connectivity index (χ0v) is 10.3. The molecule has 1 N–H and O–H groups in total. The molecule has 1 fully saturated rings. The summed E-state index contributed by atoms with van der Waals surface area (Å²) in [6, 6.07) is 0. The number of rotatable bonds is 4. The first kappa shape index (κ1) is 11.5. The largest absolute Gasteiger partial charge is 0.481 e. The van der Waals surface area contributed by atoms with Crippen LogP contribution in [0.4, 0.5) is 0 Å². The van der Waals surface area contributed by atoms with Crippen LogP contribution < -0.4 is 0 Å². The second kappa shape index (κ2) is 3.53. The van der Waals surface area contributed by atoms with Gasteiger partial charge in [-0.2, -0.15) is 0 Å². The van der Waals surface area contributed by atoms with E-state index in [1.807, 2.05) is 0 Å². The minimum Gasteiger partial charge on any atom is -0.481 e. The number of thiazole rings is 1. The lowest BCUT2D eigenvalue weighted by Gasteiger charge is -2.08. The molecule has 1 aliphatic carbocycles. The SMILES string of the molecule is CS(=O)(=O)C1(c2nc(CC(=O)O)cs2)CC1. The molecule has 7 heteroatoms. The Labute approximate surface area is 97.1 Å². The van der Waals surface area contributed by atoms with E-state index in [-0.39, 0.29) is 6.42 Å².